The van der Waals surface area contributed by atoms with Crippen molar-refractivity contribution in [2.75, 3.05) is 7.11 Å². The zero-order valence-corrected chi connectivity index (χ0v) is 23.0. The lowest BCUT2D eigenvalue weighted by Crippen LogP contribution is -2.26. The molecule has 0 saturated carbocycles. The fourth-order valence-corrected chi connectivity index (χ4v) is 4.95. The molecule has 3 aromatic carbocycles. The third-order valence-corrected chi connectivity index (χ3v) is 7.08. The molecule has 0 aliphatic heterocycles. The third-order valence-electron chi connectivity index (χ3n) is 7.08. The topological polar surface area (TPSA) is 167 Å². The summed E-state index contributed by atoms with van der Waals surface area (Å²) in [6, 6.07) is 15.6. The fourth-order valence-electron chi connectivity index (χ4n) is 4.95. The number of benzene rings is 3. The number of hydrogen-bond acceptors (Lipinski definition) is 7. The third kappa shape index (κ3) is 5.56. The number of fused-ring (bicyclic) bond motifs is 1. The number of amides is 1. The molecule has 1 amide bonds. The van der Waals surface area contributed by atoms with Crippen molar-refractivity contribution < 1.29 is 24.6 Å². The predicted molar refractivity (Wildman–Crippen MR) is 155 cm³/mol. The number of aryl methyl sites for hydroxylation is 1. The van der Waals surface area contributed by atoms with Gasteiger partial charge in [0.2, 0.25) is 0 Å². The molecule has 42 heavy (non-hydrogen) atoms. The number of hydrogen-bond donors (Lipinski definition) is 5. The smallest absolute Gasteiger partial charge is 0.336 e. The van der Waals surface area contributed by atoms with Gasteiger partial charge in [0.1, 0.15) is 18.3 Å². The first kappa shape index (κ1) is 28.1. The minimum Gasteiger partial charge on any atom is -0.497 e. The SMILES string of the molecule is CCn1cc(Cc2ccc(C(=O)NCn3ccnn3)cc2-c2ccc(OC)cc2C(=O)O)c2ccc(C(=N)NO)cc21. The number of nitrogens with zero attached hydrogens (tertiary/aromatic N) is 4. The Morgan fingerprint density at radius 3 is 2.52 bits per heavy atom. The highest BCUT2D eigenvalue weighted by Gasteiger charge is 2.20. The number of carbonyl (C=O) groups is 2. The van der Waals surface area contributed by atoms with Crippen LogP contribution in [0.5, 0.6) is 5.75 Å². The maximum atomic E-state index is 13.1. The molecule has 12 nitrogen and oxygen atoms in total. The van der Waals surface area contributed by atoms with Gasteiger partial charge in [0, 0.05) is 47.4 Å². The van der Waals surface area contributed by atoms with Crippen LogP contribution in [0.25, 0.3) is 22.0 Å². The summed E-state index contributed by atoms with van der Waals surface area (Å²) >= 11 is 0. The number of rotatable bonds is 10. The zero-order valence-electron chi connectivity index (χ0n) is 23.0. The molecule has 2 aromatic heterocycles. The zero-order chi connectivity index (χ0) is 29.8. The van der Waals surface area contributed by atoms with E-state index in [0.29, 0.717) is 41.0 Å². The molecule has 0 aliphatic carbocycles. The Hall–Kier alpha value is -5.49. The van der Waals surface area contributed by atoms with Crippen molar-refractivity contribution in [2.45, 2.75) is 26.6 Å². The number of carboxylic acids is 1. The Labute approximate surface area is 240 Å². The molecule has 214 valence electrons. The van der Waals surface area contributed by atoms with Gasteiger partial charge in [-0.2, -0.15) is 0 Å². The maximum absolute atomic E-state index is 13.1. The van der Waals surface area contributed by atoms with E-state index >= 15 is 0 Å². The molecule has 2 heterocycles. The van der Waals surface area contributed by atoms with Gasteiger partial charge in [0.15, 0.2) is 0 Å². The van der Waals surface area contributed by atoms with E-state index in [1.165, 1.54) is 24.1 Å². The minimum atomic E-state index is -1.12. The molecule has 12 heteroatoms. The van der Waals surface area contributed by atoms with Crippen LogP contribution < -0.4 is 15.5 Å². The van der Waals surface area contributed by atoms with Crippen LogP contribution >= 0.6 is 0 Å². The summed E-state index contributed by atoms with van der Waals surface area (Å²) < 4.78 is 8.80. The van der Waals surface area contributed by atoms with Crippen molar-refractivity contribution in [2.24, 2.45) is 0 Å². The molecule has 0 atom stereocenters. The maximum Gasteiger partial charge on any atom is 0.336 e. The van der Waals surface area contributed by atoms with Gasteiger partial charge in [-0.3, -0.25) is 20.9 Å². The molecule has 0 fully saturated rings. The number of hydroxylamine groups is 1. The van der Waals surface area contributed by atoms with E-state index in [2.05, 4.69) is 20.2 Å². The standard InChI is InChI=1S/C30H29N7O5/c1-3-36-16-21(23-8-6-19(14-27(23)36)28(31)34-41)12-18-4-5-20(29(38)32-17-37-11-10-33-35-37)13-25(18)24-9-7-22(42-2)15-26(24)30(39)40/h4-11,13-16,41H,3,12,17H2,1-2H3,(H2,31,34)(H,32,38)(H,39,40). The lowest BCUT2D eigenvalue weighted by atomic mass is 9.90. The van der Waals surface area contributed by atoms with Crippen molar-refractivity contribution in [1.82, 2.24) is 30.4 Å². The summed E-state index contributed by atoms with van der Waals surface area (Å²) in [5.41, 5.74) is 6.58. The van der Waals surface area contributed by atoms with Crippen molar-refractivity contribution in [3.63, 3.8) is 0 Å². The molecule has 0 spiro atoms. The number of aromatic nitrogens is 4. The number of carbonyl (C=O) groups excluding carboxylic acids is 1. The quantitative estimate of drug-likeness (QED) is 0.0962. The van der Waals surface area contributed by atoms with Gasteiger partial charge in [-0.25, -0.2) is 9.48 Å². The number of carboxylic acid groups (broad SMARTS) is 1. The van der Waals surface area contributed by atoms with Crippen LogP contribution in [-0.2, 0) is 19.6 Å². The molecule has 5 aromatic rings. The highest BCUT2D eigenvalue weighted by Crippen LogP contribution is 2.34. The summed E-state index contributed by atoms with van der Waals surface area (Å²) in [5, 5.41) is 38.5. The van der Waals surface area contributed by atoms with Crippen LogP contribution in [0.3, 0.4) is 0 Å². The average Bonchev–Trinajstić information content (AvgIpc) is 3.67. The van der Waals surface area contributed by atoms with E-state index in [0.717, 1.165) is 22.0 Å². The Morgan fingerprint density at radius 2 is 1.83 bits per heavy atom. The minimum absolute atomic E-state index is 0.0476. The second-order valence-corrected chi connectivity index (χ2v) is 9.53. The molecular formula is C30H29N7O5. The van der Waals surface area contributed by atoms with E-state index in [4.69, 9.17) is 10.1 Å². The first-order valence-corrected chi connectivity index (χ1v) is 13.1. The summed E-state index contributed by atoms with van der Waals surface area (Å²) in [6.07, 6.45) is 5.61. The summed E-state index contributed by atoms with van der Waals surface area (Å²) in [7, 11) is 1.47. The number of ether oxygens (including phenoxy) is 1. The Bertz CT molecular complexity index is 1790. The van der Waals surface area contributed by atoms with Crippen LogP contribution in [0.2, 0.25) is 0 Å². The summed E-state index contributed by atoms with van der Waals surface area (Å²) in [4.78, 5) is 25.4. The Morgan fingerprint density at radius 1 is 1.02 bits per heavy atom. The molecule has 0 aliphatic rings. The van der Waals surface area contributed by atoms with Crippen molar-refractivity contribution >= 4 is 28.6 Å². The van der Waals surface area contributed by atoms with Gasteiger partial charge in [0.05, 0.1) is 18.9 Å². The van der Waals surface area contributed by atoms with Crippen LogP contribution in [0.15, 0.2) is 73.2 Å². The van der Waals surface area contributed by atoms with E-state index in [-0.39, 0.29) is 24.0 Å². The predicted octanol–water partition coefficient (Wildman–Crippen LogP) is 3.91. The van der Waals surface area contributed by atoms with Gasteiger partial charge in [-0.05, 0) is 65.6 Å². The number of methoxy groups -OCH3 is 1. The number of aromatic carboxylic acids is 1. The van der Waals surface area contributed by atoms with Crippen molar-refractivity contribution in [3.05, 3.63) is 101 Å². The number of amidine groups is 1. The molecule has 0 bridgehead atoms. The van der Waals surface area contributed by atoms with Crippen LogP contribution in [0.4, 0.5) is 0 Å². The molecular weight excluding hydrogens is 538 g/mol. The summed E-state index contributed by atoms with van der Waals surface area (Å²) in [5.74, 6) is -1.17. The lowest BCUT2D eigenvalue weighted by Gasteiger charge is -2.15. The van der Waals surface area contributed by atoms with Gasteiger partial charge in [0.25, 0.3) is 5.91 Å². The van der Waals surface area contributed by atoms with Crippen LogP contribution in [0.1, 0.15) is 44.3 Å². The first-order chi connectivity index (χ1) is 20.3. The molecule has 5 rings (SSSR count). The Kier molecular flexibility index (Phi) is 7.98. The highest BCUT2D eigenvalue weighted by atomic mass is 16.5. The van der Waals surface area contributed by atoms with Gasteiger partial charge >= 0.3 is 5.97 Å². The Balaban J connectivity index is 1.60. The van der Waals surface area contributed by atoms with Gasteiger partial charge in [-0.15, -0.1) is 5.10 Å². The van der Waals surface area contributed by atoms with Crippen LogP contribution in [-0.4, -0.2) is 54.7 Å². The van der Waals surface area contributed by atoms with Gasteiger partial charge in [-0.1, -0.05) is 23.4 Å². The monoisotopic (exact) mass is 567 g/mol. The van der Waals surface area contributed by atoms with E-state index in [1.807, 2.05) is 36.8 Å². The van der Waals surface area contributed by atoms with Crippen LogP contribution in [0, 0.1) is 5.41 Å². The van der Waals surface area contributed by atoms with Crippen molar-refractivity contribution in [3.8, 4) is 16.9 Å². The van der Waals surface area contributed by atoms with E-state index in [9.17, 15) is 19.9 Å². The highest BCUT2D eigenvalue weighted by molar-refractivity contribution is 6.01. The second kappa shape index (κ2) is 11.9. The lowest BCUT2D eigenvalue weighted by molar-refractivity contribution is 0.0697. The fraction of sp³-hybridized carbons (Fsp3) is 0.167. The molecule has 5 N–H and O–H groups in total. The molecule has 0 unspecified atom stereocenters. The number of nitrogens with one attached hydrogen (secondary N) is 3. The van der Waals surface area contributed by atoms with Crippen molar-refractivity contribution in [1.29, 1.82) is 5.41 Å². The average molecular weight is 568 g/mol. The largest absolute Gasteiger partial charge is 0.497 e. The van der Waals surface area contributed by atoms with Gasteiger partial charge < -0.3 is 19.7 Å². The first-order valence-electron chi connectivity index (χ1n) is 13.1. The molecule has 0 saturated heterocycles. The van der Waals surface area contributed by atoms with E-state index < -0.39 is 5.97 Å². The molecule has 0 radical (unpaired) electrons. The normalized spacial score (nSPS) is 10.9. The summed E-state index contributed by atoms with van der Waals surface area (Å²) in [6.45, 7) is 2.82. The second-order valence-electron chi connectivity index (χ2n) is 9.53. The van der Waals surface area contributed by atoms with E-state index in [1.54, 1.807) is 36.5 Å².